The number of nitrogens with one attached hydrogen (secondary N) is 1. The summed E-state index contributed by atoms with van der Waals surface area (Å²) in [4.78, 5) is 26.0. The van der Waals surface area contributed by atoms with E-state index in [4.69, 9.17) is 9.47 Å². The summed E-state index contributed by atoms with van der Waals surface area (Å²) < 4.78 is 12.5. The summed E-state index contributed by atoms with van der Waals surface area (Å²) in [5, 5.41) is 4.59. The maximum Gasteiger partial charge on any atom is 0.411 e. The maximum absolute atomic E-state index is 13.1. The molecule has 1 N–H and O–H groups in total. The molecule has 0 radical (unpaired) electrons. The molecule has 1 saturated heterocycles. The van der Waals surface area contributed by atoms with E-state index in [9.17, 15) is 4.79 Å². The summed E-state index contributed by atoms with van der Waals surface area (Å²) in [5.74, 6) is 0. The van der Waals surface area contributed by atoms with E-state index in [1.54, 1.807) is 27.6 Å². The SMILES string of the molecule is O=C(OCc1ccccc1)N1CC=C(c2cc3c(Nc4ccc5scnc5c4)ccnc3s2)C12COC2. The first-order chi connectivity index (χ1) is 18.2. The molecule has 9 heteroatoms. The molecule has 1 amide bonds. The minimum atomic E-state index is -0.502. The summed E-state index contributed by atoms with van der Waals surface area (Å²) >= 11 is 3.27. The number of pyridine rings is 1. The Morgan fingerprint density at radius 2 is 2.00 bits per heavy atom. The summed E-state index contributed by atoms with van der Waals surface area (Å²) in [7, 11) is 0. The third-order valence-electron chi connectivity index (χ3n) is 6.91. The first-order valence-corrected chi connectivity index (χ1v) is 13.7. The van der Waals surface area contributed by atoms with E-state index in [0.29, 0.717) is 19.8 Å². The number of ether oxygens (including phenoxy) is 2. The average Bonchev–Trinajstić information content (AvgIpc) is 3.63. The molecule has 2 aliphatic rings. The molecule has 37 heavy (non-hydrogen) atoms. The van der Waals surface area contributed by atoms with E-state index < -0.39 is 5.54 Å². The molecule has 7 rings (SSSR count). The van der Waals surface area contributed by atoms with Crippen molar-refractivity contribution in [2.45, 2.75) is 12.1 Å². The summed E-state index contributed by atoms with van der Waals surface area (Å²) in [5.41, 5.74) is 6.38. The van der Waals surface area contributed by atoms with Crippen LogP contribution in [-0.2, 0) is 16.1 Å². The summed E-state index contributed by atoms with van der Waals surface area (Å²) in [6.07, 6.45) is 3.63. The van der Waals surface area contributed by atoms with Crippen LogP contribution in [0.5, 0.6) is 0 Å². The van der Waals surface area contributed by atoms with Gasteiger partial charge < -0.3 is 14.8 Å². The zero-order valence-corrected chi connectivity index (χ0v) is 21.3. The lowest BCUT2D eigenvalue weighted by Crippen LogP contribution is -2.62. The van der Waals surface area contributed by atoms with Gasteiger partial charge in [0, 0.05) is 28.7 Å². The first-order valence-electron chi connectivity index (χ1n) is 12.0. The normalized spacial score (nSPS) is 16.2. The fourth-order valence-corrected chi connectivity index (χ4v) is 6.77. The molecule has 5 heterocycles. The van der Waals surface area contributed by atoms with Gasteiger partial charge in [-0.2, -0.15) is 0 Å². The van der Waals surface area contributed by atoms with Gasteiger partial charge in [0.2, 0.25) is 0 Å². The minimum absolute atomic E-state index is 0.247. The molecule has 184 valence electrons. The van der Waals surface area contributed by atoms with Crippen molar-refractivity contribution in [3.63, 3.8) is 0 Å². The molecule has 0 atom stereocenters. The Balaban J connectivity index is 1.15. The number of fused-ring (bicyclic) bond motifs is 2. The molecule has 0 bridgehead atoms. The smallest absolute Gasteiger partial charge is 0.411 e. The van der Waals surface area contributed by atoms with Gasteiger partial charge in [0.15, 0.2) is 0 Å². The molecular formula is C28H22N4O3S2. The monoisotopic (exact) mass is 526 g/mol. The second-order valence-corrected chi connectivity index (χ2v) is 11.1. The lowest BCUT2D eigenvalue weighted by molar-refractivity contribution is -0.0906. The van der Waals surface area contributed by atoms with Crippen molar-refractivity contribution < 1.29 is 14.3 Å². The largest absolute Gasteiger partial charge is 0.445 e. The quantitative estimate of drug-likeness (QED) is 0.283. The van der Waals surface area contributed by atoms with E-state index in [-0.39, 0.29) is 12.7 Å². The van der Waals surface area contributed by atoms with Crippen LogP contribution < -0.4 is 5.32 Å². The van der Waals surface area contributed by atoms with Crippen molar-refractivity contribution in [2.75, 3.05) is 25.1 Å². The topological polar surface area (TPSA) is 76.6 Å². The number of aromatic nitrogens is 2. The predicted molar refractivity (Wildman–Crippen MR) is 147 cm³/mol. The van der Waals surface area contributed by atoms with E-state index in [1.165, 1.54) is 0 Å². The highest BCUT2D eigenvalue weighted by molar-refractivity contribution is 7.19. The van der Waals surface area contributed by atoms with Gasteiger partial charge in [-0.25, -0.2) is 14.8 Å². The van der Waals surface area contributed by atoms with E-state index in [2.05, 4.69) is 45.6 Å². The van der Waals surface area contributed by atoms with Crippen molar-refractivity contribution in [1.82, 2.24) is 14.9 Å². The van der Waals surface area contributed by atoms with Gasteiger partial charge in [0.1, 0.15) is 17.0 Å². The standard InChI is InChI=1S/C28H22N4O3S2/c33-27(35-14-18-4-2-1-3-5-18)32-11-9-21(28(32)15-34-16-28)25-13-20-22(8-10-29-26(20)37-25)31-19-6-7-24-23(12-19)30-17-36-24/h1-10,12-13,17H,11,14-16H2,(H,29,31). The highest BCUT2D eigenvalue weighted by Crippen LogP contribution is 2.46. The number of hydrogen-bond donors (Lipinski definition) is 1. The molecular weight excluding hydrogens is 504 g/mol. The number of hydrogen-bond acceptors (Lipinski definition) is 8. The van der Waals surface area contributed by atoms with Gasteiger partial charge in [-0.05, 0) is 41.5 Å². The first kappa shape index (κ1) is 22.4. The molecule has 0 saturated carbocycles. The Labute approximate surface area is 221 Å². The van der Waals surface area contributed by atoms with Crippen molar-refractivity contribution in [3.8, 4) is 0 Å². The zero-order valence-electron chi connectivity index (χ0n) is 19.7. The number of thiazole rings is 1. The van der Waals surface area contributed by atoms with E-state index in [0.717, 1.165) is 47.8 Å². The van der Waals surface area contributed by atoms with Gasteiger partial charge in [-0.3, -0.25) is 4.90 Å². The zero-order chi connectivity index (χ0) is 24.8. The van der Waals surface area contributed by atoms with Gasteiger partial charge in [-0.1, -0.05) is 36.4 Å². The molecule has 2 aliphatic heterocycles. The Kier molecular flexibility index (Phi) is 5.42. The Hall–Kier alpha value is -3.79. The van der Waals surface area contributed by atoms with Gasteiger partial charge in [0.25, 0.3) is 0 Å². The van der Waals surface area contributed by atoms with Crippen LogP contribution in [0.3, 0.4) is 0 Å². The summed E-state index contributed by atoms with van der Waals surface area (Å²) in [6.45, 7) is 1.66. The number of amides is 1. The number of nitrogens with zero attached hydrogens (tertiary/aromatic N) is 3. The van der Waals surface area contributed by atoms with Crippen LogP contribution in [0.4, 0.5) is 16.2 Å². The van der Waals surface area contributed by atoms with Gasteiger partial charge in [-0.15, -0.1) is 22.7 Å². The minimum Gasteiger partial charge on any atom is -0.445 e. The Bertz CT molecular complexity index is 1660. The van der Waals surface area contributed by atoms with Crippen LogP contribution in [-0.4, -0.2) is 46.3 Å². The van der Waals surface area contributed by atoms with Crippen LogP contribution in [0.2, 0.25) is 0 Å². The van der Waals surface area contributed by atoms with Crippen molar-refractivity contribution >= 4 is 66.1 Å². The average molecular weight is 527 g/mol. The number of thiophene rings is 1. The fourth-order valence-electron chi connectivity index (χ4n) is 4.95. The fraction of sp³-hybridized carbons (Fsp3) is 0.179. The number of anilines is 2. The van der Waals surface area contributed by atoms with Crippen molar-refractivity contribution in [1.29, 1.82) is 0 Å². The van der Waals surface area contributed by atoms with Crippen LogP contribution in [0, 0.1) is 0 Å². The second-order valence-electron chi connectivity index (χ2n) is 9.14. The number of carbonyl (C=O) groups is 1. The molecule has 3 aromatic heterocycles. The molecule has 5 aromatic rings. The molecule has 0 unspecified atom stereocenters. The molecule has 0 aliphatic carbocycles. The number of benzene rings is 2. The molecule has 1 fully saturated rings. The predicted octanol–water partition coefficient (Wildman–Crippen LogP) is 6.45. The Morgan fingerprint density at radius 1 is 1.11 bits per heavy atom. The number of rotatable bonds is 5. The lowest BCUT2D eigenvalue weighted by Gasteiger charge is -2.46. The summed E-state index contributed by atoms with van der Waals surface area (Å²) in [6, 6.07) is 20.1. The second kappa shape index (κ2) is 8.95. The van der Waals surface area contributed by atoms with Gasteiger partial charge >= 0.3 is 6.09 Å². The van der Waals surface area contributed by atoms with Crippen molar-refractivity contribution in [2.24, 2.45) is 0 Å². The van der Waals surface area contributed by atoms with E-state index in [1.807, 2.05) is 48.1 Å². The third kappa shape index (κ3) is 3.87. The third-order valence-corrected chi connectivity index (χ3v) is 8.80. The van der Waals surface area contributed by atoms with Crippen LogP contribution in [0.25, 0.3) is 26.0 Å². The van der Waals surface area contributed by atoms with Crippen LogP contribution >= 0.6 is 22.7 Å². The Morgan fingerprint density at radius 3 is 2.84 bits per heavy atom. The van der Waals surface area contributed by atoms with Crippen molar-refractivity contribution in [3.05, 3.63) is 88.9 Å². The lowest BCUT2D eigenvalue weighted by atomic mass is 9.87. The highest BCUT2D eigenvalue weighted by Gasteiger charge is 2.53. The molecule has 1 spiro atoms. The van der Waals surface area contributed by atoms with Crippen LogP contribution in [0.15, 0.2) is 78.4 Å². The maximum atomic E-state index is 13.1. The molecule has 2 aromatic carbocycles. The highest BCUT2D eigenvalue weighted by atomic mass is 32.1. The number of carbonyl (C=O) groups excluding carboxylic acids is 1. The molecule has 7 nitrogen and oxygen atoms in total. The van der Waals surface area contributed by atoms with E-state index >= 15 is 0 Å². The van der Waals surface area contributed by atoms with Gasteiger partial charge in [0.05, 0.1) is 34.6 Å². The van der Waals surface area contributed by atoms with Crippen LogP contribution in [0.1, 0.15) is 10.4 Å².